The highest BCUT2D eigenvalue weighted by molar-refractivity contribution is 5.94. The van der Waals surface area contributed by atoms with Gasteiger partial charge < -0.3 is 4.90 Å². The van der Waals surface area contributed by atoms with E-state index in [2.05, 4.69) is 6.58 Å². The molecular weight excluding hydrogens is 181 g/mol. The number of carbonyl (C=O) groups is 1. The number of amides is 1. The Labute approximate surface area is 82.7 Å². The molecule has 0 heterocycles. The van der Waals surface area contributed by atoms with Crippen molar-refractivity contribution in [2.75, 3.05) is 14.1 Å². The van der Waals surface area contributed by atoms with Crippen LogP contribution in [0.25, 0.3) is 6.08 Å². The van der Waals surface area contributed by atoms with E-state index >= 15 is 0 Å². The Morgan fingerprint density at radius 1 is 1.50 bits per heavy atom. The molecule has 0 aliphatic carbocycles. The van der Waals surface area contributed by atoms with Crippen LogP contribution < -0.4 is 0 Å². The molecule has 1 aromatic carbocycles. The smallest absolute Gasteiger partial charge is 0.253 e. The van der Waals surface area contributed by atoms with Crippen LogP contribution in [-0.4, -0.2) is 24.9 Å². The molecule has 1 rings (SSSR count). The molecule has 74 valence electrons. The van der Waals surface area contributed by atoms with Gasteiger partial charge in [0.05, 0.1) is 0 Å². The predicted octanol–water partition coefficient (Wildman–Crippen LogP) is 2.17. The van der Waals surface area contributed by atoms with Crippen molar-refractivity contribution in [3.8, 4) is 0 Å². The predicted molar refractivity (Wildman–Crippen MR) is 54.5 cm³/mol. The molecule has 1 amide bonds. The van der Waals surface area contributed by atoms with E-state index in [1.807, 2.05) is 0 Å². The van der Waals surface area contributed by atoms with Gasteiger partial charge in [0.15, 0.2) is 0 Å². The molecule has 0 aliphatic heterocycles. The van der Waals surface area contributed by atoms with Crippen LogP contribution in [0.3, 0.4) is 0 Å². The van der Waals surface area contributed by atoms with Crippen molar-refractivity contribution >= 4 is 12.0 Å². The summed E-state index contributed by atoms with van der Waals surface area (Å²) in [4.78, 5) is 12.9. The lowest BCUT2D eigenvalue weighted by molar-refractivity contribution is 0.0827. The van der Waals surface area contributed by atoms with Crippen LogP contribution >= 0.6 is 0 Å². The Bertz CT molecular complexity index is 372. The van der Waals surface area contributed by atoms with Crippen molar-refractivity contribution < 1.29 is 9.18 Å². The first-order valence-electron chi connectivity index (χ1n) is 4.20. The van der Waals surface area contributed by atoms with Gasteiger partial charge in [-0.3, -0.25) is 4.79 Å². The molecule has 0 radical (unpaired) electrons. The highest BCUT2D eigenvalue weighted by Crippen LogP contribution is 2.12. The van der Waals surface area contributed by atoms with Crippen LogP contribution in [0.5, 0.6) is 0 Å². The Morgan fingerprint density at radius 2 is 2.14 bits per heavy atom. The fourth-order valence-electron chi connectivity index (χ4n) is 1.09. The average molecular weight is 193 g/mol. The number of rotatable bonds is 2. The van der Waals surface area contributed by atoms with Crippen LogP contribution in [-0.2, 0) is 0 Å². The van der Waals surface area contributed by atoms with Gasteiger partial charge in [0.2, 0.25) is 0 Å². The summed E-state index contributed by atoms with van der Waals surface area (Å²) in [6.07, 6.45) is 1.39. The highest BCUT2D eigenvalue weighted by atomic mass is 19.1. The fourth-order valence-corrected chi connectivity index (χ4v) is 1.09. The molecule has 2 nitrogen and oxygen atoms in total. The molecule has 0 saturated heterocycles. The SMILES string of the molecule is C=Cc1cc(C(=O)N(C)C)ccc1F. The van der Waals surface area contributed by atoms with E-state index in [-0.39, 0.29) is 11.7 Å². The number of nitrogens with zero attached hydrogens (tertiary/aromatic N) is 1. The van der Waals surface area contributed by atoms with Gasteiger partial charge in [-0.25, -0.2) is 4.39 Å². The Hall–Kier alpha value is -1.64. The molecule has 14 heavy (non-hydrogen) atoms. The second-order valence-electron chi connectivity index (χ2n) is 3.14. The minimum atomic E-state index is -0.365. The summed E-state index contributed by atoms with van der Waals surface area (Å²) in [5.41, 5.74) is 0.809. The first-order valence-corrected chi connectivity index (χ1v) is 4.20. The summed E-state index contributed by atoms with van der Waals surface area (Å²) in [7, 11) is 3.30. The quantitative estimate of drug-likeness (QED) is 0.704. The van der Waals surface area contributed by atoms with Gasteiger partial charge in [0.25, 0.3) is 5.91 Å². The third-order valence-corrected chi connectivity index (χ3v) is 1.87. The van der Waals surface area contributed by atoms with Crippen molar-refractivity contribution in [2.24, 2.45) is 0 Å². The zero-order chi connectivity index (χ0) is 10.7. The van der Waals surface area contributed by atoms with E-state index in [9.17, 15) is 9.18 Å². The minimum Gasteiger partial charge on any atom is -0.345 e. The van der Waals surface area contributed by atoms with Crippen LogP contribution in [0.1, 0.15) is 15.9 Å². The number of halogens is 1. The molecule has 0 N–H and O–H groups in total. The molecule has 0 fully saturated rings. The summed E-state index contributed by atoms with van der Waals surface area (Å²) in [5.74, 6) is -0.511. The van der Waals surface area contributed by atoms with E-state index in [1.165, 1.54) is 29.2 Å². The Balaban J connectivity index is 3.12. The maximum Gasteiger partial charge on any atom is 0.253 e. The molecule has 0 spiro atoms. The zero-order valence-corrected chi connectivity index (χ0v) is 8.25. The van der Waals surface area contributed by atoms with E-state index in [0.717, 1.165) is 0 Å². The van der Waals surface area contributed by atoms with E-state index in [1.54, 1.807) is 14.1 Å². The largest absolute Gasteiger partial charge is 0.345 e. The topological polar surface area (TPSA) is 20.3 Å². The molecule has 0 aromatic heterocycles. The number of carbonyl (C=O) groups excluding carboxylic acids is 1. The second-order valence-corrected chi connectivity index (χ2v) is 3.14. The van der Waals surface area contributed by atoms with Gasteiger partial charge in [0, 0.05) is 25.2 Å². The Kier molecular flexibility index (Phi) is 3.02. The van der Waals surface area contributed by atoms with Gasteiger partial charge in [-0.05, 0) is 18.2 Å². The van der Waals surface area contributed by atoms with Crippen molar-refractivity contribution in [1.82, 2.24) is 4.90 Å². The second kappa shape index (κ2) is 4.05. The third-order valence-electron chi connectivity index (χ3n) is 1.87. The molecule has 1 aromatic rings. The molecule has 0 saturated carbocycles. The normalized spacial score (nSPS) is 9.64. The fraction of sp³-hybridized carbons (Fsp3) is 0.182. The van der Waals surface area contributed by atoms with Gasteiger partial charge in [-0.2, -0.15) is 0 Å². The maximum atomic E-state index is 13.0. The van der Waals surface area contributed by atoms with Gasteiger partial charge >= 0.3 is 0 Å². The third kappa shape index (κ3) is 1.99. The molecule has 0 bridgehead atoms. The van der Waals surface area contributed by atoms with E-state index in [4.69, 9.17) is 0 Å². The van der Waals surface area contributed by atoms with Crippen molar-refractivity contribution in [3.63, 3.8) is 0 Å². The summed E-state index contributed by atoms with van der Waals surface area (Å²) in [6.45, 7) is 3.47. The lowest BCUT2D eigenvalue weighted by atomic mass is 10.1. The lowest BCUT2D eigenvalue weighted by Crippen LogP contribution is -2.21. The summed E-state index contributed by atoms with van der Waals surface area (Å²) in [5, 5.41) is 0. The lowest BCUT2D eigenvalue weighted by Gasteiger charge is -2.10. The van der Waals surface area contributed by atoms with Gasteiger partial charge in [0.1, 0.15) is 5.82 Å². The first-order chi connectivity index (χ1) is 6.56. The number of hydrogen-bond donors (Lipinski definition) is 0. The van der Waals surface area contributed by atoms with E-state index < -0.39 is 0 Å². The summed E-state index contributed by atoms with van der Waals surface area (Å²) >= 11 is 0. The first kappa shape index (κ1) is 10.4. The van der Waals surface area contributed by atoms with Crippen LogP contribution in [0.2, 0.25) is 0 Å². The van der Waals surface area contributed by atoms with Crippen LogP contribution in [0.15, 0.2) is 24.8 Å². The monoisotopic (exact) mass is 193 g/mol. The maximum absolute atomic E-state index is 13.0. The summed E-state index contributed by atoms with van der Waals surface area (Å²) < 4.78 is 13.0. The summed E-state index contributed by atoms with van der Waals surface area (Å²) in [6, 6.07) is 4.23. The molecule has 3 heteroatoms. The minimum absolute atomic E-state index is 0.145. The number of benzene rings is 1. The standard InChI is InChI=1S/C11H12FNO/c1-4-8-7-9(5-6-10(8)12)11(14)13(2)3/h4-7H,1H2,2-3H3. The molecular formula is C11H12FNO. The zero-order valence-electron chi connectivity index (χ0n) is 8.25. The van der Waals surface area contributed by atoms with Crippen LogP contribution in [0, 0.1) is 5.82 Å². The van der Waals surface area contributed by atoms with Crippen molar-refractivity contribution in [2.45, 2.75) is 0 Å². The van der Waals surface area contributed by atoms with Gasteiger partial charge in [-0.15, -0.1) is 0 Å². The Morgan fingerprint density at radius 3 is 2.64 bits per heavy atom. The van der Waals surface area contributed by atoms with Crippen LogP contribution in [0.4, 0.5) is 4.39 Å². The average Bonchev–Trinajstić information content (AvgIpc) is 2.17. The number of hydrogen-bond acceptors (Lipinski definition) is 1. The molecule has 0 unspecified atom stereocenters. The van der Waals surface area contributed by atoms with Gasteiger partial charge in [-0.1, -0.05) is 12.7 Å². The van der Waals surface area contributed by atoms with Crippen molar-refractivity contribution in [3.05, 3.63) is 41.7 Å². The molecule has 0 aliphatic rings. The van der Waals surface area contributed by atoms with Crippen molar-refractivity contribution in [1.29, 1.82) is 0 Å². The highest BCUT2D eigenvalue weighted by Gasteiger charge is 2.09. The van der Waals surface area contributed by atoms with E-state index in [0.29, 0.717) is 11.1 Å². The molecule has 0 atom stereocenters.